The molecule has 0 aliphatic carbocycles. The molecule has 11 aromatic rings. The summed E-state index contributed by atoms with van der Waals surface area (Å²) < 4.78 is 2.41. The molecule has 57 heavy (non-hydrogen) atoms. The summed E-state index contributed by atoms with van der Waals surface area (Å²) in [5.41, 5.74) is 12.3. The third-order valence-corrected chi connectivity index (χ3v) is 12.8. The average molecular weight is 765 g/mol. The number of hydrogen-bond donors (Lipinski definition) is 0. The minimum absolute atomic E-state index is 1.04. The Bertz CT molecular complexity index is 2990. The molecule has 0 saturated carbocycles. The van der Waals surface area contributed by atoms with Crippen molar-refractivity contribution >= 4 is 81.7 Å². The zero-order valence-corrected chi connectivity index (χ0v) is 32.2. The standard InChI is InChI=1S/C51H32N4S2/c1-3-7-48-46(5-1)53-50(56-48)37-13-9-33(10-14-37)35-17-22-43(23-18-35)55(45-26-21-39-30-42-32-52-28-27-40(42)29-41(39)31-45)44-24-19-36(20-25-44)34-11-15-38(16-12-34)51-54-47-6-2-4-8-49(47)57-51/h1-32H. The Morgan fingerprint density at radius 3 is 1.32 bits per heavy atom. The van der Waals surface area contributed by atoms with E-state index < -0.39 is 0 Å². The highest BCUT2D eigenvalue weighted by molar-refractivity contribution is 7.22. The molecule has 0 fully saturated rings. The number of aromatic nitrogens is 3. The van der Waals surface area contributed by atoms with Gasteiger partial charge in [0.15, 0.2) is 0 Å². The lowest BCUT2D eigenvalue weighted by Crippen LogP contribution is -2.09. The van der Waals surface area contributed by atoms with Crippen molar-refractivity contribution in [2.45, 2.75) is 0 Å². The molecule has 0 N–H and O–H groups in total. The summed E-state index contributed by atoms with van der Waals surface area (Å²) in [5, 5.41) is 6.78. The molecule has 8 aromatic carbocycles. The number of fused-ring (bicyclic) bond motifs is 4. The lowest BCUT2D eigenvalue weighted by molar-refractivity contribution is 1.29. The quantitative estimate of drug-likeness (QED) is 0.152. The molecule has 0 radical (unpaired) electrons. The highest BCUT2D eigenvalue weighted by Crippen LogP contribution is 2.40. The second kappa shape index (κ2) is 13.9. The molecule has 4 nitrogen and oxygen atoms in total. The minimum Gasteiger partial charge on any atom is -0.310 e. The van der Waals surface area contributed by atoms with Crippen LogP contribution in [-0.2, 0) is 0 Å². The van der Waals surface area contributed by atoms with Gasteiger partial charge in [0.1, 0.15) is 10.0 Å². The number of anilines is 3. The summed E-state index contributed by atoms with van der Waals surface area (Å²) in [4.78, 5) is 16.4. The second-order valence-corrected chi connectivity index (χ2v) is 16.2. The van der Waals surface area contributed by atoms with E-state index in [0.717, 1.165) is 65.8 Å². The summed E-state index contributed by atoms with van der Waals surface area (Å²) in [6.07, 6.45) is 3.79. The first kappa shape index (κ1) is 33.4. The lowest BCUT2D eigenvalue weighted by atomic mass is 10.0. The predicted octanol–water partition coefficient (Wildman–Crippen LogP) is 14.7. The molecule has 0 spiro atoms. The van der Waals surface area contributed by atoms with Crippen LogP contribution < -0.4 is 4.90 Å². The molecule has 268 valence electrons. The molecule has 0 atom stereocenters. The van der Waals surface area contributed by atoms with Crippen LogP contribution in [0, 0.1) is 0 Å². The van der Waals surface area contributed by atoms with Gasteiger partial charge in [-0.3, -0.25) is 4.98 Å². The maximum absolute atomic E-state index is 4.86. The van der Waals surface area contributed by atoms with Gasteiger partial charge in [-0.05, 0) is 117 Å². The number of benzene rings is 8. The smallest absolute Gasteiger partial charge is 0.124 e. The predicted molar refractivity (Wildman–Crippen MR) is 242 cm³/mol. The van der Waals surface area contributed by atoms with Crippen LogP contribution in [0.2, 0.25) is 0 Å². The third-order valence-electron chi connectivity index (χ3n) is 10.6. The van der Waals surface area contributed by atoms with Crippen molar-refractivity contribution in [1.29, 1.82) is 0 Å². The van der Waals surface area contributed by atoms with Gasteiger partial charge in [-0.1, -0.05) is 103 Å². The van der Waals surface area contributed by atoms with Crippen LogP contribution in [-0.4, -0.2) is 15.0 Å². The van der Waals surface area contributed by atoms with Gasteiger partial charge in [0, 0.05) is 46.0 Å². The molecule has 6 heteroatoms. The molecule has 3 heterocycles. The van der Waals surface area contributed by atoms with Crippen LogP contribution >= 0.6 is 22.7 Å². The number of rotatable bonds is 7. The second-order valence-electron chi connectivity index (χ2n) is 14.2. The van der Waals surface area contributed by atoms with Crippen LogP contribution in [0.15, 0.2) is 194 Å². The number of thiazole rings is 2. The molecule has 0 aliphatic heterocycles. The summed E-state index contributed by atoms with van der Waals surface area (Å²) in [6.45, 7) is 0. The fourth-order valence-electron chi connectivity index (χ4n) is 7.62. The zero-order valence-electron chi connectivity index (χ0n) is 30.6. The van der Waals surface area contributed by atoms with Crippen LogP contribution in [0.25, 0.3) is 85.4 Å². The van der Waals surface area contributed by atoms with Crippen LogP contribution in [0.4, 0.5) is 17.1 Å². The van der Waals surface area contributed by atoms with Gasteiger partial charge < -0.3 is 4.90 Å². The summed E-state index contributed by atoms with van der Waals surface area (Å²) in [7, 11) is 0. The highest BCUT2D eigenvalue weighted by Gasteiger charge is 2.15. The molecule has 0 amide bonds. The Morgan fingerprint density at radius 1 is 0.351 bits per heavy atom. The fraction of sp³-hybridized carbons (Fsp3) is 0. The van der Waals surface area contributed by atoms with Crippen LogP contribution in [0.3, 0.4) is 0 Å². The Balaban J connectivity index is 0.923. The average Bonchev–Trinajstić information content (AvgIpc) is 3.92. The van der Waals surface area contributed by atoms with Gasteiger partial charge in [0.05, 0.1) is 20.4 Å². The van der Waals surface area contributed by atoms with Crippen molar-refractivity contribution in [3.8, 4) is 43.4 Å². The van der Waals surface area contributed by atoms with Gasteiger partial charge in [-0.25, -0.2) is 9.97 Å². The molecule has 0 bridgehead atoms. The first-order valence-electron chi connectivity index (χ1n) is 18.9. The van der Waals surface area contributed by atoms with Gasteiger partial charge in [-0.2, -0.15) is 0 Å². The largest absolute Gasteiger partial charge is 0.310 e. The number of hydrogen-bond acceptors (Lipinski definition) is 6. The number of para-hydroxylation sites is 2. The van der Waals surface area contributed by atoms with Crippen molar-refractivity contribution < 1.29 is 0 Å². The molecule has 0 unspecified atom stereocenters. The van der Waals surface area contributed by atoms with Crippen molar-refractivity contribution in [3.05, 3.63) is 194 Å². The van der Waals surface area contributed by atoms with E-state index in [1.54, 1.807) is 22.7 Å². The van der Waals surface area contributed by atoms with Crippen molar-refractivity contribution in [2.24, 2.45) is 0 Å². The van der Waals surface area contributed by atoms with Crippen molar-refractivity contribution in [2.75, 3.05) is 4.90 Å². The normalized spacial score (nSPS) is 11.5. The molecule has 0 saturated heterocycles. The Morgan fingerprint density at radius 2 is 0.789 bits per heavy atom. The van der Waals surface area contributed by atoms with Crippen molar-refractivity contribution in [3.63, 3.8) is 0 Å². The Kier molecular flexibility index (Phi) is 8.16. The first-order valence-corrected chi connectivity index (χ1v) is 20.5. The van der Waals surface area contributed by atoms with E-state index in [2.05, 4.69) is 180 Å². The van der Waals surface area contributed by atoms with E-state index in [-0.39, 0.29) is 0 Å². The summed E-state index contributed by atoms with van der Waals surface area (Å²) >= 11 is 3.46. The van der Waals surface area contributed by atoms with Gasteiger partial charge in [-0.15, -0.1) is 22.7 Å². The van der Waals surface area contributed by atoms with E-state index in [1.807, 2.05) is 24.5 Å². The highest BCUT2D eigenvalue weighted by atomic mass is 32.1. The topological polar surface area (TPSA) is 41.9 Å². The van der Waals surface area contributed by atoms with E-state index in [4.69, 9.17) is 9.97 Å². The van der Waals surface area contributed by atoms with Crippen LogP contribution in [0.1, 0.15) is 0 Å². The number of pyridine rings is 1. The Labute approximate surface area is 337 Å². The minimum atomic E-state index is 1.04. The Hall–Kier alpha value is -6.99. The molecular weight excluding hydrogens is 733 g/mol. The van der Waals surface area contributed by atoms with E-state index in [1.165, 1.54) is 36.7 Å². The van der Waals surface area contributed by atoms with Crippen LogP contribution in [0.5, 0.6) is 0 Å². The summed E-state index contributed by atoms with van der Waals surface area (Å²) in [6, 6.07) is 65.2. The zero-order chi connectivity index (χ0) is 37.7. The lowest BCUT2D eigenvalue weighted by Gasteiger charge is -2.26. The van der Waals surface area contributed by atoms with E-state index in [9.17, 15) is 0 Å². The van der Waals surface area contributed by atoms with Gasteiger partial charge >= 0.3 is 0 Å². The third kappa shape index (κ3) is 6.31. The van der Waals surface area contributed by atoms with Gasteiger partial charge in [0.25, 0.3) is 0 Å². The fourth-order valence-corrected chi connectivity index (χ4v) is 9.56. The molecule has 0 aliphatic rings. The monoisotopic (exact) mass is 764 g/mol. The van der Waals surface area contributed by atoms with E-state index in [0.29, 0.717) is 0 Å². The SMILES string of the molecule is c1ccc2sc(-c3ccc(-c4ccc(N(c5ccc(-c6ccc(-c7nc8ccccc8s7)cc6)cc5)c5ccc6cc7cnccc7cc6c5)cc4)cc3)nc2c1. The van der Waals surface area contributed by atoms with Gasteiger partial charge in [0.2, 0.25) is 0 Å². The first-order chi connectivity index (χ1) is 28.2. The number of nitrogens with zero attached hydrogens (tertiary/aromatic N) is 4. The van der Waals surface area contributed by atoms with E-state index >= 15 is 0 Å². The maximum Gasteiger partial charge on any atom is 0.124 e. The molecule has 3 aromatic heterocycles. The maximum atomic E-state index is 4.86. The molecular formula is C51H32N4S2. The van der Waals surface area contributed by atoms with Crippen molar-refractivity contribution in [1.82, 2.24) is 15.0 Å². The molecule has 11 rings (SSSR count). The summed E-state index contributed by atoms with van der Waals surface area (Å²) in [5.74, 6) is 0.